The van der Waals surface area contributed by atoms with Gasteiger partial charge in [0.15, 0.2) is 5.43 Å². The number of benzene rings is 1. The lowest BCUT2D eigenvalue weighted by Gasteiger charge is -2.38. The van der Waals surface area contributed by atoms with E-state index in [1.54, 1.807) is 6.92 Å². The summed E-state index contributed by atoms with van der Waals surface area (Å²) >= 11 is 0. The summed E-state index contributed by atoms with van der Waals surface area (Å²) in [5.41, 5.74) is -0.271. The molecular formula is C16H18O8. The second-order valence-electron chi connectivity index (χ2n) is 5.84. The molecule has 2 heterocycles. The van der Waals surface area contributed by atoms with E-state index >= 15 is 0 Å². The fourth-order valence-corrected chi connectivity index (χ4v) is 2.68. The average Bonchev–Trinajstić information content (AvgIpc) is 2.49. The smallest absolute Gasteiger partial charge is 0.229 e. The first-order valence-corrected chi connectivity index (χ1v) is 7.41. The quantitative estimate of drug-likeness (QED) is 0.603. The molecule has 1 fully saturated rings. The number of fused-ring (bicyclic) bond motifs is 1. The third-order valence-electron chi connectivity index (χ3n) is 3.97. The number of aliphatic hydroxyl groups excluding tert-OH is 3. The van der Waals surface area contributed by atoms with Gasteiger partial charge in [0, 0.05) is 18.2 Å². The van der Waals surface area contributed by atoms with E-state index in [0.29, 0.717) is 5.76 Å². The minimum absolute atomic E-state index is 0.0156. The minimum Gasteiger partial charge on any atom is -0.507 e. The Labute approximate surface area is 136 Å². The molecule has 1 aliphatic heterocycles. The van der Waals surface area contributed by atoms with Crippen LogP contribution in [0.2, 0.25) is 0 Å². The van der Waals surface area contributed by atoms with E-state index in [1.165, 1.54) is 25.1 Å². The van der Waals surface area contributed by atoms with E-state index in [2.05, 4.69) is 0 Å². The highest BCUT2D eigenvalue weighted by atomic mass is 16.7. The number of aromatic hydroxyl groups is 1. The fourth-order valence-electron chi connectivity index (χ4n) is 2.68. The Morgan fingerprint density at radius 1 is 1.08 bits per heavy atom. The van der Waals surface area contributed by atoms with Crippen LogP contribution in [-0.4, -0.2) is 51.1 Å². The molecule has 24 heavy (non-hydrogen) atoms. The first-order chi connectivity index (χ1) is 11.3. The third kappa shape index (κ3) is 2.84. The Morgan fingerprint density at radius 2 is 1.79 bits per heavy atom. The number of aliphatic hydroxyl groups is 3. The minimum atomic E-state index is -1.49. The van der Waals surface area contributed by atoms with Crippen LogP contribution in [0.4, 0.5) is 0 Å². The van der Waals surface area contributed by atoms with Crippen molar-refractivity contribution in [3.05, 3.63) is 34.2 Å². The van der Waals surface area contributed by atoms with Gasteiger partial charge in [0.25, 0.3) is 0 Å². The summed E-state index contributed by atoms with van der Waals surface area (Å²) in [5.74, 6) is 0.105. The zero-order valence-electron chi connectivity index (χ0n) is 13.0. The summed E-state index contributed by atoms with van der Waals surface area (Å²) in [6.45, 7) is 3.12. The topological polar surface area (TPSA) is 130 Å². The molecule has 4 N–H and O–H groups in total. The van der Waals surface area contributed by atoms with Gasteiger partial charge in [0.1, 0.15) is 46.5 Å². The molecule has 1 saturated heterocycles. The number of phenolic OH excluding ortho intramolecular Hbond substituents is 1. The van der Waals surface area contributed by atoms with Gasteiger partial charge in [0.2, 0.25) is 6.29 Å². The lowest BCUT2D eigenvalue weighted by Crippen LogP contribution is -2.58. The normalized spacial score (nSPS) is 30.5. The Balaban J connectivity index is 1.94. The first kappa shape index (κ1) is 16.7. The monoisotopic (exact) mass is 338 g/mol. The molecule has 1 aliphatic rings. The van der Waals surface area contributed by atoms with E-state index in [4.69, 9.17) is 13.9 Å². The van der Waals surface area contributed by atoms with Crippen LogP contribution in [0.5, 0.6) is 11.5 Å². The molecule has 0 saturated carbocycles. The standard InChI is InChI=1S/C16H18O8/c1-6-3-9(17)12-10(18)4-8(5-11(12)22-6)24-16-15(21)14(20)13(19)7(2)23-16/h3-5,7,13-16,18-21H,1-2H3/t7-,13-,14+,15+,16+/m0/s1. The highest BCUT2D eigenvalue weighted by Crippen LogP contribution is 2.31. The molecule has 0 aliphatic carbocycles. The van der Waals surface area contributed by atoms with Gasteiger partial charge in [-0.15, -0.1) is 0 Å². The third-order valence-corrected chi connectivity index (χ3v) is 3.97. The van der Waals surface area contributed by atoms with Crippen LogP contribution in [0, 0.1) is 6.92 Å². The summed E-state index contributed by atoms with van der Waals surface area (Å²) in [4.78, 5) is 11.9. The van der Waals surface area contributed by atoms with Gasteiger partial charge in [0.05, 0.1) is 6.10 Å². The molecule has 0 unspecified atom stereocenters. The van der Waals surface area contributed by atoms with E-state index in [0.717, 1.165) is 0 Å². The van der Waals surface area contributed by atoms with Crippen molar-refractivity contribution in [3.8, 4) is 11.5 Å². The Morgan fingerprint density at radius 3 is 2.50 bits per heavy atom. The molecule has 0 amide bonds. The molecule has 0 radical (unpaired) electrons. The fraction of sp³-hybridized carbons (Fsp3) is 0.438. The van der Waals surface area contributed by atoms with Gasteiger partial charge in [-0.1, -0.05) is 0 Å². The molecule has 8 nitrogen and oxygen atoms in total. The summed E-state index contributed by atoms with van der Waals surface area (Å²) < 4.78 is 16.2. The number of hydrogen-bond acceptors (Lipinski definition) is 8. The summed E-state index contributed by atoms with van der Waals surface area (Å²) in [7, 11) is 0. The highest BCUT2D eigenvalue weighted by Gasteiger charge is 2.43. The first-order valence-electron chi connectivity index (χ1n) is 7.41. The number of aryl methyl sites for hydroxylation is 1. The van der Waals surface area contributed by atoms with Crippen LogP contribution < -0.4 is 10.2 Å². The zero-order chi connectivity index (χ0) is 17.6. The van der Waals surface area contributed by atoms with Crippen LogP contribution in [0.3, 0.4) is 0 Å². The summed E-state index contributed by atoms with van der Waals surface area (Å²) in [6.07, 6.45) is -6.19. The van der Waals surface area contributed by atoms with Crippen molar-refractivity contribution >= 4 is 11.0 Å². The van der Waals surface area contributed by atoms with Crippen LogP contribution in [-0.2, 0) is 4.74 Å². The second-order valence-corrected chi connectivity index (χ2v) is 5.84. The van der Waals surface area contributed by atoms with Gasteiger partial charge in [-0.25, -0.2) is 0 Å². The second kappa shape index (κ2) is 6.06. The Bertz CT molecular complexity index is 814. The number of hydrogen-bond donors (Lipinski definition) is 4. The molecular weight excluding hydrogens is 320 g/mol. The maximum Gasteiger partial charge on any atom is 0.229 e. The van der Waals surface area contributed by atoms with Gasteiger partial charge >= 0.3 is 0 Å². The molecule has 0 bridgehead atoms. The Hall–Kier alpha value is -2.13. The van der Waals surface area contributed by atoms with Crippen molar-refractivity contribution in [3.63, 3.8) is 0 Å². The molecule has 5 atom stereocenters. The molecule has 8 heteroatoms. The molecule has 1 aromatic carbocycles. The van der Waals surface area contributed by atoms with Crippen molar-refractivity contribution in [1.29, 1.82) is 0 Å². The van der Waals surface area contributed by atoms with Crippen molar-refractivity contribution < 1.29 is 34.3 Å². The van der Waals surface area contributed by atoms with Crippen LogP contribution in [0.1, 0.15) is 12.7 Å². The lowest BCUT2D eigenvalue weighted by atomic mass is 10.00. The van der Waals surface area contributed by atoms with E-state index in [9.17, 15) is 25.2 Å². The van der Waals surface area contributed by atoms with Crippen LogP contribution in [0.25, 0.3) is 11.0 Å². The molecule has 130 valence electrons. The molecule has 2 aromatic rings. The zero-order valence-corrected chi connectivity index (χ0v) is 13.0. The van der Waals surface area contributed by atoms with Gasteiger partial charge in [-0.2, -0.15) is 0 Å². The van der Waals surface area contributed by atoms with Crippen molar-refractivity contribution in [2.75, 3.05) is 0 Å². The van der Waals surface area contributed by atoms with Crippen LogP contribution >= 0.6 is 0 Å². The predicted molar refractivity (Wildman–Crippen MR) is 81.9 cm³/mol. The van der Waals surface area contributed by atoms with Crippen molar-refractivity contribution in [2.24, 2.45) is 0 Å². The van der Waals surface area contributed by atoms with Crippen molar-refractivity contribution in [1.82, 2.24) is 0 Å². The van der Waals surface area contributed by atoms with Gasteiger partial charge < -0.3 is 34.3 Å². The number of ether oxygens (including phenoxy) is 2. The van der Waals surface area contributed by atoms with E-state index in [1.807, 2.05) is 0 Å². The van der Waals surface area contributed by atoms with Gasteiger partial charge in [-0.3, -0.25) is 4.79 Å². The Kier molecular flexibility index (Phi) is 4.22. The molecule has 0 spiro atoms. The van der Waals surface area contributed by atoms with Crippen LogP contribution in [0.15, 0.2) is 27.4 Å². The number of phenols is 1. The summed E-state index contributed by atoms with van der Waals surface area (Å²) in [6, 6.07) is 3.82. The lowest BCUT2D eigenvalue weighted by molar-refractivity contribution is -0.268. The average molecular weight is 338 g/mol. The molecule has 1 aromatic heterocycles. The SMILES string of the molecule is Cc1cc(=O)c2c(O)cc(O[C@H]3O[C@@H](C)[C@H](O)[C@@H](O)[C@H]3O)cc2o1. The van der Waals surface area contributed by atoms with E-state index in [-0.39, 0.29) is 27.9 Å². The largest absolute Gasteiger partial charge is 0.507 e. The summed E-state index contributed by atoms with van der Waals surface area (Å²) in [5, 5.41) is 39.5. The van der Waals surface area contributed by atoms with Crippen molar-refractivity contribution in [2.45, 2.75) is 44.6 Å². The van der Waals surface area contributed by atoms with E-state index < -0.39 is 30.7 Å². The predicted octanol–water partition coefficient (Wildman–Crippen LogP) is 0.0133. The highest BCUT2D eigenvalue weighted by molar-refractivity contribution is 5.84. The maximum atomic E-state index is 11.9. The number of rotatable bonds is 2. The molecule has 3 rings (SSSR count). The van der Waals surface area contributed by atoms with Gasteiger partial charge in [-0.05, 0) is 13.8 Å². The maximum absolute atomic E-state index is 11.9.